The Hall–Kier alpha value is -3.49. The van der Waals surface area contributed by atoms with Crippen LogP contribution in [0.5, 0.6) is 5.75 Å². The zero-order valence-corrected chi connectivity index (χ0v) is 17.8. The molecule has 1 amide bonds. The molecule has 166 valence electrons. The van der Waals surface area contributed by atoms with E-state index >= 15 is 0 Å². The molecule has 2 aliphatic rings. The van der Waals surface area contributed by atoms with E-state index in [2.05, 4.69) is 30.8 Å². The number of nitrogens with zero attached hydrogens (tertiary/aromatic N) is 3. The number of carbonyl (C=O) groups excluding carboxylic acids is 2. The second-order valence-electron chi connectivity index (χ2n) is 8.53. The summed E-state index contributed by atoms with van der Waals surface area (Å²) in [4.78, 5) is 33.0. The maximum Gasteiger partial charge on any atom is 0.272 e. The molecule has 1 saturated carbocycles. The molecule has 1 fully saturated rings. The van der Waals surface area contributed by atoms with Gasteiger partial charge < -0.3 is 15.4 Å². The summed E-state index contributed by atoms with van der Waals surface area (Å²) in [6, 6.07) is 5.62. The molecule has 1 aliphatic heterocycles. The van der Waals surface area contributed by atoms with Gasteiger partial charge in [-0.15, -0.1) is 0 Å². The van der Waals surface area contributed by atoms with Gasteiger partial charge in [0.25, 0.3) is 5.91 Å². The third-order valence-electron chi connectivity index (χ3n) is 6.20. The fraction of sp³-hybridized carbons (Fsp3) is 0.435. The summed E-state index contributed by atoms with van der Waals surface area (Å²) < 4.78 is 5.42. The summed E-state index contributed by atoms with van der Waals surface area (Å²) in [5, 5.41) is 13.5. The minimum atomic E-state index is -0.315. The normalized spacial score (nSPS) is 16.4. The number of anilines is 1. The number of benzene rings is 1. The van der Waals surface area contributed by atoms with Gasteiger partial charge in [-0.3, -0.25) is 14.7 Å². The average molecular weight is 435 g/mol. The first-order chi connectivity index (χ1) is 15.7. The molecule has 3 N–H and O–H groups in total. The molecular formula is C23H26N6O3. The number of H-pyrrole nitrogens is 1. The molecule has 0 unspecified atom stereocenters. The highest BCUT2D eigenvalue weighted by Gasteiger charge is 2.20. The smallest absolute Gasteiger partial charge is 0.272 e. The molecular weight excluding hydrogens is 408 g/mol. The monoisotopic (exact) mass is 434 g/mol. The Morgan fingerprint density at radius 3 is 2.94 bits per heavy atom. The highest BCUT2D eigenvalue weighted by atomic mass is 16.5. The van der Waals surface area contributed by atoms with Crippen molar-refractivity contribution in [1.29, 1.82) is 0 Å². The Kier molecular flexibility index (Phi) is 5.70. The van der Waals surface area contributed by atoms with Gasteiger partial charge in [-0.05, 0) is 36.5 Å². The summed E-state index contributed by atoms with van der Waals surface area (Å²) in [6.45, 7) is 1.29. The predicted octanol–water partition coefficient (Wildman–Crippen LogP) is 2.78. The Morgan fingerprint density at radius 1 is 1.19 bits per heavy atom. The molecule has 2 aromatic heterocycles. The van der Waals surface area contributed by atoms with Gasteiger partial charge in [-0.25, -0.2) is 9.97 Å². The molecule has 0 atom stereocenters. The maximum atomic E-state index is 12.8. The van der Waals surface area contributed by atoms with Crippen molar-refractivity contribution in [3.63, 3.8) is 0 Å². The van der Waals surface area contributed by atoms with Gasteiger partial charge in [0.2, 0.25) is 0 Å². The molecule has 1 aromatic carbocycles. The van der Waals surface area contributed by atoms with Crippen LogP contribution in [0.4, 0.5) is 5.82 Å². The predicted molar refractivity (Wildman–Crippen MR) is 119 cm³/mol. The van der Waals surface area contributed by atoms with Crippen molar-refractivity contribution in [2.24, 2.45) is 5.92 Å². The molecule has 9 nitrogen and oxygen atoms in total. The molecule has 1 aliphatic carbocycles. The SMILES string of the molecule is O=C1COc2ccc(CNC(=O)c3ncnc4c(NCC5CCCCC5)n[nH]c34)cc2C1. The van der Waals surface area contributed by atoms with Crippen LogP contribution in [-0.2, 0) is 17.8 Å². The number of ketones is 1. The van der Waals surface area contributed by atoms with Gasteiger partial charge in [0.05, 0.1) is 0 Å². The van der Waals surface area contributed by atoms with Crippen LogP contribution in [0.25, 0.3) is 11.0 Å². The Balaban J connectivity index is 1.26. The number of aromatic nitrogens is 4. The van der Waals surface area contributed by atoms with Crippen LogP contribution in [0.3, 0.4) is 0 Å². The minimum Gasteiger partial charge on any atom is -0.486 e. The molecule has 0 spiro atoms. The third kappa shape index (κ3) is 4.28. The van der Waals surface area contributed by atoms with Crippen LogP contribution < -0.4 is 15.4 Å². The number of fused-ring (bicyclic) bond motifs is 2. The van der Waals surface area contributed by atoms with E-state index in [1.807, 2.05) is 18.2 Å². The van der Waals surface area contributed by atoms with Crippen molar-refractivity contribution in [3.8, 4) is 5.75 Å². The van der Waals surface area contributed by atoms with E-state index in [9.17, 15) is 9.59 Å². The summed E-state index contributed by atoms with van der Waals surface area (Å²) in [5.74, 6) is 1.76. The summed E-state index contributed by atoms with van der Waals surface area (Å²) >= 11 is 0. The van der Waals surface area contributed by atoms with Crippen LogP contribution >= 0.6 is 0 Å². The first-order valence-electron chi connectivity index (χ1n) is 11.1. The molecule has 0 saturated heterocycles. The summed E-state index contributed by atoms with van der Waals surface area (Å²) in [5.41, 5.74) is 3.12. The van der Waals surface area contributed by atoms with Gasteiger partial charge in [0.15, 0.2) is 17.3 Å². The van der Waals surface area contributed by atoms with Crippen molar-refractivity contribution in [2.45, 2.75) is 45.1 Å². The average Bonchev–Trinajstić information content (AvgIpc) is 3.25. The van der Waals surface area contributed by atoms with Crippen molar-refractivity contribution in [1.82, 2.24) is 25.5 Å². The number of hydrogen-bond acceptors (Lipinski definition) is 7. The van der Waals surface area contributed by atoms with Crippen LogP contribution in [0.15, 0.2) is 24.5 Å². The molecule has 32 heavy (non-hydrogen) atoms. The summed E-state index contributed by atoms with van der Waals surface area (Å²) in [7, 11) is 0. The number of aromatic amines is 1. The van der Waals surface area contributed by atoms with Gasteiger partial charge in [-0.1, -0.05) is 25.3 Å². The lowest BCUT2D eigenvalue weighted by Crippen LogP contribution is -2.25. The largest absolute Gasteiger partial charge is 0.486 e. The minimum absolute atomic E-state index is 0.0502. The molecule has 0 bridgehead atoms. The van der Waals surface area contributed by atoms with Crippen molar-refractivity contribution < 1.29 is 14.3 Å². The molecule has 3 aromatic rings. The fourth-order valence-electron chi connectivity index (χ4n) is 4.47. The lowest BCUT2D eigenvalue weighted by Gasteiger charge is -2.21. The number of nitrogens with one attached hydrogen (secondary N) is 3. The van der Waals surface area contributed by atoms with E-state index in [-0.39, 0.29) is 24.0 Å². The van der Waals surface area contributed by atoms with E-state index in [1.165, 1.54) is 38.4 Å². The lowest BCUT2D eigenvalue weighted by molar-refractivity contribution is -0.121. The molecule has 0 radical (unpaired) electrons. The Bertz CT molecular complexity index is 1150. The molecule has 9 heteroatoms. The van der Waals surface area contributed by atoms with Gasteiger partial charge in [0.1, 0.15) is 29.7 Å². The molecule has 3 heterocycles. The van der Waals surface area contributed by atoms with E-state index in [4.69, 9.17) is 4.74 Å². The highest BCUT2D eigenvalue weighted by Crippen LogP contribution is 2.26. The number of hydrogen-bond donors (Lipinski definition) is 3. The highest BCUT2D eigenvalue weighted by molar-refractivity contribution is 6.04. The fourth-order valence-corrected chi connectivity index (χ4v) is 4.47. The number of Topliss-reactive ketones (excluding diaryl/α,β-unsaturated/α-hetero) is 1. The molecule has 5 rings (SSSR count). The van der Waals surface area contributed by atoms with Gasteiger partial charge in [-0.2, -0.15) is 5.10 Å². The van der Waals surface area contributed by atoms with E-state index in [1.54, 1.807) is 0 Å². The standard InChI is InChI=1S/C23H26N6O3/c30-17-9-16-8-15(6-7-18(16)32-12-17)11-25-23(31)21-19-20(26-13-27-21)22(29-28-19)24-10-14-4-2-1-3-5-14/h6-8,13-14H,1-5,9-12H2,(H,25,31)(H2,24,28,29). The quantitative estimate of drug-likeness (QED) is 0.545. The summed E-state index contributed by atoms with van der Waals surface area (Å²) in [6.07, 6.45) is 8.11. The first kappa shape index (κ1) is 20.4. The maximum absolute atomic E-state index is 12.8. The second kappa shape index (κ2) is 8.94. The zero-order valence-electron chi connectivity index (χ0n) is 17.8. The van der Waals surface area contributed by atoms with Crippen LogP contribution in [-0.4, -0.2) is 45.0 Å². The number of ether oxygens (including phenoxy) is 1. The third-order valence-corrected chi connectivity index (χ3v) is 6.20. The lowest BCUT2D eigenvalue weighted by atomic mass is 9.89. The zero-order chi connectivity index (χ0) is 21.9. The van der Waals surface area contributed by atoms with Gasteiger partial charge in [0, 0.05) is 25.1 Å². The van der Waals surface area contributed by atoms with Crippen LogP contribution in [0.1, 0.15) is 53.7 Å². The first-order valence-corrected chi connectivity index (χ1v) is 11.1. The van der Waals surface area contributed by atoms with Crippen molar-refractivity contribution in [2.75, 3.05) is 18.5 Å². The van der Waals surface area contributed by atoms with E-state index < -0.39 is 0 Å². The topological polar surface area (TPSA) is 122 Å². The van der Waals surface area contributed by atoms with Crippen molar-refractivity contribution >= 4 is 28.5 Å². The second-order valence-corrected chi connectivity index (χ2v) is 8.53. The van der Waals surface area contributed by atoms with E-state index in [0.29, 0.717) is 35.7 Å². The van der Waals surface area contributed by atoms with Crippen molar-refractivity contribution in [3.05, 3.63) is 41.3 Å². The number of rotatable bonds is 6. The Labute approximate surface area is 185 Å². The van der Waals surface area contributed by atoms with Crippen LogP contribution in [0.2, 0.25) is 0 Å². The van der Waals surface area contributed by atoms with Gasteiger partial charge >= 0.3 is 0 Å². The Morgan fingerprint density at radius 2 is 2.06 bits per heavy atom. The number of amides is 1. The van der Waals surface area contributed by atoms with Crippen LogP contribution in [0, 0.1) is 5.92 Å². The number of carbonyl (C=O) groups is 2. The van der Waals surface area contributed by atoms with E-state index in [0.717, 1.165) is 23.4 Å².